The summed E-state index contributed by atoms with van der Waals surface area (Å²) in [4.78, 5) is 19.2. The van der Waals surface area contributed by atoms with Crippen LogP contribution in [0.15, 0.2) is 39.4 Å². The van der Waals surface area contributed by atoms with E-state index in [1.54, 1.807) is 29.4 Å². The zero-order chi connectivity index (χ0) is 20.8. The topological polar surface area (TPSA) is 80.7 Å². The third-order valence-corrected chi connectivity index (χ3v) is 4.99. The molecule has 1 aromatic carbocycles. The number of halogens is 1. The molecule has 1 aliphatic heterocycles. The lowest BCUT2D eigenvalue weighted by Gasteiger charge is -2.39. The summed E-state index contributed by atoms with van der Waals surface area (Å²) < 4.78 is 17.3. The number of amides is 1. The Morgan fingerprint density at radius 3 is 2.86 bits per heavy atom. The predicted molar refractivity (Wildman–Crippen MR) is 110 cm³/mol. The first kappa shape index (κ1) is 19.8. The second-order valence-electron chi connectivity index (χ2n) is 8.19. The first-order chi connectivity index (χ1) is 13.7. The number of hydrogen-bond acceptors (Lipinski definition) is 6. The van der Waals surface area contributed by atoms with Crippen molar-refractivity contribution in [2.45, 2.75) is 45.4 Å². The average Bonchev–Trinajstić information content (AvgIpc) is 3.28. The molecule has 0 spiro atoms. The van der Waals surface area contributed by atoms with Gasteiger partial charge in [-0.3, -0.25) is 4.90 Å². The van der Waals surface area contributed by atoms with Gasteiger partial charge < -0.3 is 18.9 Å². The van der Waals surface area contributed by atoms with Crippen molar-refractivity contribution in [1.82, 2.24) is 15.2 Å². The number of furan rings is 1. The summed E-state index contributed by atoms with van der Waals surface area (Å²) in [6.07, 6.45) is 1.21. The van der Waals surface area contributed by atoms with Crippen molar-refractivity contribution in [1.29, 1.82) is 0 Å². The molecule has 1 aliphatic rings. The molecule has 1 N–H and O–H groups in total. The van der Waals surface area contributed by atoms with Gasteiger partial charge in [0.1, 0.15) is 22.9 Å². The van der Waals surface area contributed by atoms with Gasteiger partial charge in [-0.2, -0.15) is 0 Å². The molecule has 154 valence electrons. The molecule has 4 rings (SSSR count). The van der Waals surface area contributed by atoms with Gasteiger partial charge in [-0.1, -0.05) is 11.6 Å². The molecule has 0 aliphatic carbocycles. The summed E-state index contributed by atoms with van der Waals surface area (Å²) in [7, 11) is 0. The van der Waals surface area contributed by atoms with E-state index in [9.17, 15) is 4.79 Å². The van der Waals surface area contributed by atoms with E-state index in [1.165, 1.54) is 0 Å². The fourth-order valence-corrected chi connectivity index (χ4v) is 3.78. The van der Waals surface area contributed by atoms with Gasteiger partial charge in [0.05, 0.1) is 11.8 Å². The van der Waals surface area contributed by atoms with Gasteiger partial charge in [0.25, 0.3) is 0 Å². The van der Waals surface area contributed by atoms with Crippen LogP contribution in [0.2, 0.25) is 5.02 Å². The average molecular weight is 418 g/mol. The van der Waals surface area contributed by atoms with E-state index in [4.69, 9.17) is 25.2 Å². The van der Waals surface area contributed by atoms with Crippen LogP contribution in [-0.4, -0.2) is 40.7 Å². The van der Waals surface area contributed by atoms with Gasteiger partial charge in [0.2, 0.25) is 5.89 Å². The smallest absolute Gasteiger partial charge is 0.411 e. The van der Waals surface area contributed by atoms with Crippen molar-refractivity contribution in [3.63, 3.8) is 0 Å². The maximum Gasteiger partial charge on any atom is 0.411 e. The third kappa shape index (κ3) is 3.97. The summed E-state index contributed by atoms with van der Waals surface area (Å²) in [5.41, 5.74) is 1.32. The molecule has 0 radical (unpaired) electrons. The van der Waals surface area contributed by atoms with Gasteiger partial charge in [-0.25, -0.2) is 9.78 Å². The molecule has 0 bridgehead atoms. The highest BCUT2D eigenvalue weighted by molar-refractivity contribution is 6.31. The summed E-state index contributed by atoms with van der Waals surface area (Å²) >= 11 is 6.30. The molecule has 3 aromatic rings. The largest absolute Gasteiger partial charge is 0.464 e. The number of benzene rings is 1. The SMILES string of the molecule is CC1NCCN(C(=O)OC(C)(C)C)C1c1nc2cc(Cl)cc(-c3ccco3)c2o1. The van der Waals surface area contributed by atoms with Crippen LogP contribution in [0.5, 0.6) is 0 Å². The van der Waals surface area contributed by atoms with Crippen LogP contribution >= 0.6 is 11.6 Å². The van der Waals surface area contributed by atoms with E-state index >= 15 is 0 Å². The summed E-state index contributed by atoms with van der Waals surface area (Å²) in [5.74, 6) is 1.07. The van der Waals surface area contributed by atoms with Gasteiger partial charge in [0, 0.05) is 24.2 Å². The van der Waals surface area contributed by atoms with Gasteiger partial charge in [0.15, 0.2) is 5.58 Å². The Hall–Kier alpha value is -2.51. The molecule has 0 saturated carbocycles. The Morgan fingerprint density at radius 2 is 2.17 bits per heavy atom. The van der Waals surface area contributed by atoms with Crippen LogP contribution in [0, 0.1) is 0 Å². The van der Waals surface area contributed by atoms with Crippen LogP contribution < -0.4 is 5.32 Å². The number of hydrogen-bond donors (Lipinski definition) is 1. The van der Waals surface area contributed by atoms with Crippen molar-refractivity contribution >= 4 is 28.8 Å². The first-order valence-corrected chi connectivity index (χ1v) is 9.97. The summed E-state index contributed by atoms with van der Waals surface area (Å²) in [6, 6.07) is 6.70. The molecular weight excluding hydrogens is 394 g/mol. The molecule has 2 aromatic heterocycles. The van der Waals surface area contributed by atoms with Gasteiger partial charge in [-0.05, 0) is 52.0 Å². The number of fused-ring (bicyclic) bond motifs is 1. The zero-order valence-corrected chi connectivity index (χ0v) is 17.6. The van der Waals surface area contributed by atoms with Crippen molar-refractivity contribution < 1.29 is 18.4 Å². The number of piperazine rings is 1. The molecule has 29 heavy (non-hydrogen) atoms. The number of carbonyl (C=O) groups excluding carboxylic acids is 1. The quantitative estimate of drug-likeness (QED) is 0.631. The number of oxazole rings is 1. The Kier molecular flexibility index (Phi) is 5.04. The third-order valence-electron chi connectivity index (χ3n) is 4.77. The first-order valence-electron chi connectivity index (χ1n) is 9.60. The highest BCUT2D eigenvalue weighted by Crippen LogP contribution is 2.36. The van der Waals surface area contributed by atoms with E-state index in [0.717, 1.165) is 5.56 Å². The van der Waals surface area contributed by atoms with E-state index in [1.807, 2.05) is 33.8 Å². The zero-order valence-electron chi connectivity index (χ0n) is 16.9. The van der Waals surface area contributed by atoms with Crippen LogP contribution in [-0.2, 0) is 4.74 Å². The normalized spacial score (nSPS) is 20.2. The van der Waals surface area contributed by atoms with Gasteiger partial charge in [-0.15, -0.1) is 0 Å². The Labute approximate surface area is 174 Å². The second-order valence-corrected chi connectivity index (χ2v) is 8.63. The van der Waals surface area contributed by atoms with Crippen LogP contribution in [0.1, 0.15) is 39.6 Å². The summed E-state index contributed by atoms with van der Waals surface area (Å²) in [5, 5.41) is 3.91. The minimum atomic E-state index is -0.586. The Morgan fingerprint density at radius 1 is 1.38 bits per heavy atom. The Balaban J connectivity index is 1.77. The van der Waals surface area contributed by atoms with Crippen LogP contribution in [0.3, 0.4) is 0 Å². The fourth-order valence-electron chi connectivity index (χ4n) is 3.56. The van der Waals surface area contributed by atoms with Crippen molar-refractivity contribution in [2.24, 2.45) is 0 Å². The van der Waals surface area contributed by atoms with E-state index in [-0.39, 0.29) is 12.1 Å². The molecule has 8 heteroatoms. The molecule has 1 amide bonds. The molecular formula is C21H24ClN3O4. The molecule has 1 saturated heterocycles. The molecule has 7 nitrogen and oxygen atoms in total. The van der Waals surface area contributed by atoms with Crippen molar-refractivity contribution in [3.8, 4) is 11.3 Å². The maximum absolute atomic E-state index is 12.8. The lowest BCUT2D eigenvalue weighted by molar-refractivity contribution is 0.00267. The van der Waals surface area contributed by atoms with Gasteiger partial charge >= 0.3 is 6.09 Å². The minimum Gasteiger partial charge on any atom is -0.464 e. The standard InChI is InChI=1S/C21H24ClN3O4/c1-12-17(25(8-7-23-12)20(26)29-21(2,3)4)19-24-15-11-13(22)10-14(18(15)28-19)16-6-5-9-27-16/h5-6,9-12,17,23H,7-8H2,1-4H3. The summed E-state index contributed by atoms with van der Waals surface area (Å²) in [6.45, 7) is 8.71. The predicted octanol–water partition coefficient (Wildman–Crippen LogP) is 5.01. The van der Waals surface area contributed by atoms with E-state index in [2.05, 4.69) is 10.3 Å². The number of nitrogens with zero attached hydrogens (tertiary/aromatic N) is 2. The molecule has 1 fully saturated rings. The van der Waals surface area contributed by atoms with Crippen molar-refractivity contribution in [3.05, 3.63) is 41.4 Å². The fraction of sp³-hybridized carbons (Fsp3) is 0.429. The number of nitrogens with one attached hydrogen (secondary N) is 1. The number of ether oxygens (including phenoxy) is 1. The monoisotopic (exact) mass is 417 g/mol. The molecule has 3 heterocycles. The highest BCUT2D eigenvalue weighted by Gasteiger charge is 2.38. The number of rotatable bonds is 2. The maximum atomic E-state index is 12.8. The molecule has 2 atom stereocenters. The number of aromatic nitrogens is 1. The lowest BCUT2D eigenvalue weighted by atomic mass is 10.1. The van der Waals surface area contributed by atoms with Crippen LogP contribution in [0.4, 0.5) is 4.79 Å². The minimum absolute atomic E-state index is 0.0631. The Bertz CT molecular complexity index is 1020. The second kappa shape index (κ2) is 7.39. The van der Waals surface area contributed by atoms with E-state index < -0.39 is 11.6 Å². The van der Waals surface area contributed by atoms with E-state index in [0.29, 0.717) is 40.9 Å². The van der Waals surface area contributed by atoms with Crippen molar-refractivity contribution in [2.75, 3.05) is 13.1 Å². The lowest BCUT2D eigenvalue weighted by Crippen LogP contribution is -2.54. The number of carbonyl (C=O) groups is 1. The highest BCUT2D eigenvalue weighted by atomic mass is 35.5. The molecule has 2 unspecified atom stereocenters. The van der Waals surface area contributed by atoms with Crippen LogP contribution in [0.25, 0.3) is 22.4 Å².